The van der Waals surface area contributed by atoms with Crippen molar-refractivity contribution in [3.8, 4) is 0 Å². The lowest BCUT2D eigenvalue weighted by molar-refractivity contribution is 0.252. The summed E-state index contributed by atoms with van der Waals surface area (Å²) in [4.78, 5) is 19.8. The van der Waals surface area contributed by atoms with Crippen LogP contribution in [0.15, 0.2) is 24.3 Å². The second-order valence-corrected chi connectivity index (χ2v) is 6.72. The third-order valence-electron chi connectivity index (χ3n) is 3.73. The Morgan fingerprint density at radius 3 is 3.17 bits per heavy atom. The number of anilines is 1. The number of amides is 2. The fraction of sp³-hybridized carbons (Fsp3) is 0.375. The van der Waals surface area contributed by atoms with Crippen LogP contribution in [0, 0.1) is 5.82 Å². The van der Waals surface area contributed by atoms with Gasteiger partial charge in [-0.25, -0.2) is 14.2 Å². The van der Waals surface area contributed by atoms with Crippen LogP contribution in [0.2, 0.25) is 0 Å². The normalized spacial score (nSPS) is 14.3. The molecule has 5 nitrogen and oxygen atoms in total. The zero-order valence-corrected chi connectivity index (χ0v) is 13.8. The number of aromatic nitrogens is 1. The second kappa shape index (κ2) is 7.06. The molecule has 23 heavy (non-hydrogen) atoms. The molecule has 2 amide bonds. The average molecular weight is 334 g/mol. The van der Waals surface area contributed by atoms with Crippen molar-refractivity contribution >= 4 is 22.5 Å². The summed E-state index contributed by atoms with van der Waals surface area (Å²) < 4.78 is 13.1. The maximum absolute atomic E-state index is 13.1. The Kier molecular flexibility index (Phi) is 4.88. The van der Waals surface area contributed by atoms with Crippen molar-refractivity contribution in [2.75, 3.05) is 25.5 Å². The molecule has 2 heterocycles. The SMILES string of the molecule is CN1CCc2nc(NC(=O)NCCc3cccc(F)c3)sc2C1. The Hall–Kier alpha value is -1.99. The van der Waals surface area contributed by atoms with Gasteiger partial charge in [-0.3, -0.25) is 5.32 Å². The minimum absolute atomic E-state index is 0.259. The summed E-state index contributed by atoms with van der Waals surface area (Å²) in [6.07, 6.45) is 1.51. The van der Waals surface area contributed by atoms with Crippen molar-refractivity contribution in [3.63, 3.8) is 0 Å². The van der Waals surface area contributed by atoms with E-state index in [9.17, 15) is 9.18 Å². The van der Waals surface area contributed by atoms with Gasteiger partial charge in [0.25, 0.3) is 0 Å². The van der Waals surface area contributed by atoms with Crippen LogP contribution >= 0.6 is 11.3 Å². The van der Waals surface area contributed by atoms with E-state index in [4.69, 9.17) is 0 Å². The number of hydrogen-bond donors (Lipinski definition) is 2. The van der Waals surface area contributed by atoms with E-state index in [-0.39, 0.29) is 11.8 Å². The summed E-state index contributed by atoms with van der Waals surface area (Å²) in [6.45, 7) is 2.33. The molecule has 0 atom stereocenters. The van der Waals surface area contributed by atoms with Crippen LogP contribution in [0.5, 0.6) is 0 Å². The first-order valence-corrected chi connectivity index (χ1v) is 8.38. The molecule has 1 aliphatic heterocycles. The van der Waals surface area contributed by atoms with Crippen LogP contribution in [-0.2, 0) is 19.4 Å². The Labute approximate surface area is 138 Å². The monoisotopic (exact) mass is 334 g/mol. The number of hydrogen-bond acceptors (Lipinski definition) is 4. The molecule has 1 aliphatic rings. The number of benzene rings is 1. The number of carbonyl (C=O) groups is 1. The maximum Gasteiger partial charge on any atom is 0.321 e. The van der Waals surface area contributed by atoms with Gasteiger partial charge in [-0.05, 0) is 31.2 Å². The van der Waals surface area contributed by atoms with E-state index >= 15 is 0 Å². The Balaban J connectivity index is 1.48. The van der Waals surface area contributed by atoms with Gasteiger partial charge < -0.3 is 10.2 Å². The molecular formula is C16H19FN4OS. The van der Waals surface area contributed by atoms with E-state index in [0.717, 1.165) is 30.8 Å². The Bertz CT molecular complexity index is 703. The smallest absolute Gasteiger partial charge is 0.321 e. The zero-order chi connectivity index (χ0) is 16.2. The van der Waals surface area contributed by atoms with Gasteiger partial charge in [0.05, 0.1) is 5.69 Å². The lowest BCUT2D eigenvalue weighted by atomic mass is 10.1. The van der Waals surface area contributed by atoms with Crippen molar-refractivity contribution in [1.82, 2.24) is 15.2 Å². The number of fused-ring (bicyclic) bond motifs is 1. The molecule has 0 saturated carbocycles. The van der Waals surface area contributed by atoms with E-state index in [1.165, 1.54) is 28.3 Å². The topological polar surface area (TPSA) is 57.3 Å². The summed E-state index contributed by atoms with van der Waals surface area (Å²) in [5, 5.41) is 6.18. The van der Waals surface area contributed by atoms with E-state index in [1.807, 2.05) is 6.07 Å². The van der Waals surface area contributed by atoms with E-state index in [2.05, 4.69) is 27.6 Å². The number of carbonyl (C=O) groups excluding carboxylic acids is 1. The summed E-state index contributed by atoms with van der Waals surface area (Å²) in [6, 6.07) is 6.12. The molecule has 0 fully saturated rings. The highest BCUT2D eigenvalue weighted by Gasteiger charge is 2.18. The zero-order valence-electron chi connectivity index (χ0n) is 12.9. The minimum atomic E-state index is -0.277. The van der Waals surface area contributed by atoms with Gasteiger partial charge in [-0.15, -0.1) is 11.3 Å². The third kappa shape index (κ3) is 4.27. The van der Waals surface area contributed by atoms with E-state index in [1.54, 1.807) is 6.07 Å². The Morgan fingerprint density at radius 2 is 2.35 bits per heavy atom. The maximum atomic E-state index is 13.1. The molecule has 3 rings (SSSR count). The van der Waals surface area contributed by atoms with Crippen molar-refractivity contribution in [2.45, 2.75) is 19.4 Å². The number of urea groups is 1. The van der Waals surface area contributed by atoms with Crippen LogP contribution in [0.4, 0.5) is 14.3 Å². The standard InChI is InChI=1S/C16H19FN4OS/c1-21-8-6-13-14(10-21)23-16(19-13)20-15(22)18-7-5-11-3-2-4-12(17)9-11/h2-4,9H,5-8,10H2,1H3,(H2,18,19,20,22). The molecule has 2 N–H and O–H groups in total. The first kappa shape index (κ1) is 15.9. The van der Waals surface area contributed by atoms with Crippen molar-refractivity contribution in [3.05, 3.63) is 46.2 Å². The number of likely N-dealkylation sites (N-methyl/N-ethyl adjacent to an activating group) is 1. The molecule has 1 aromatic carbocycles. The molecule has 0 radical (unpaired) electrons. The van der Waals surface area contributed by atoms with Crippen molar-refractivity contribution < 1.29 is 9.18 Å². The fourth-order valence-electron chi connectivity index (χ4n) is 2.53. The molecule has 0 saturated heterocycles. The van der Waals surface area contributed by atoms with Gasteiger partial charge in [-0.1, -0.05) is 12.1 Å². The van der Waals surface area contributed by atoms with Gasteiger partial charge in [0.1, 0.15) is 5.82 Å². The summed E-state index contributed by atoms with van der Waals surface area (Å²) >= 11 is 1.52. The number of rotatable bonds is 4. The largest absolute Gasteiger partial charge is 0.337 e. The molecular weight excluding hydrogens is 315 g/mol. The first-order chi connectivity index (χ1) is 11.1. The van der Waals surface area contributed by atoms with Crippen LogP contribution in [0.25, 0.3) is 0 Å². The number of thiazole rings is 1. The van der Waals surface area contributed by atoms with Gasteiger partial charge >= 0.3 is 6.03 Å². The summed E-state index contributed by atoms with van der Waals surface area (Å²) in [5.74, 6) is -0.259. The summed E-state index contributed by atoms with van der Waals surface area (Å²) in [7, 11) is 2.08. The molecule has 7 heteroatoms. The minimum Gasteiger partial charge on any atom is -0.337 e. The highest BCUT2D eigenvalue weighted by atomic mass is 32.1. The van der Waals surface area contributed by atoms with Gasteiger partial charge in [0.15, 0.2) is 5.13 Å². The third-order valence-corrected chi connectivity index (χ3v) is 4.73. The van der Waals surface area contributed by atoms with Crippen molar-refractivity contribution in [1.29, 1.82) is 0 Å². The van der Waals surface area contributed by atoms with Crippen LogP contribution < -0.4 is 10.6 Å². The predicted molar refractivity (Wildman–Crippen MR) is 89.3 cm³/mol. The predicted octanol–water partition coefficient (Wildman–Crippen LogP) is 2.63. The van der Waals surface area contributed by atoms with Gasteiger partial charge in [0, 0.05) is 30.9 Å². The Morgan fingerprint density at radius 1 is 1.48 bits per heavy atom. The lowest BCUT2D eigenvalue weighted by Crippen LogP contribution is -2.30. The summed E-state index contributed by atoms with van der Waals surface area (Å²) in [5.41, 5.74) is 1.95. The number of nitrogens with one attached hydrogen (secondary N) is 2. The van der Waals surface area contributed by atoms with Crippen molar-refractivity contribution in [2.24, 2.45) is 0 Å². The molecule has 0 unspecified atom stereocenters. The number of nitrogens with zero attached hydrogens (tertiary/aromatic N) is 2. The first-order valence-electron chi connectivity index (χ1n) is 7.56. The number of halogens is 1. The quantitative estimate of drug-likeness (QED) is 0.904. The molecule has 1 aromatic heterocycles. The van der Waals surface area contributed by atoms with E-state index < -0.39 is 0 Å². The lowest BCUT2D eigenvalue weighted by Gasteiger charge is -2.20. The van der Waals surface area contributed by atoms with Crippen LogP contribution in [-0.4, -0.2) is 36.1 Å². The second-order valence-electron chi connectivity index (χ2n) is 5.64. The van der Waals surface area contributed by atoms with Crippen LogP contribution in [0.3, 0.4) is 0 Å². The molecule has 0 spiro atoms. The van der Waals surface area contributed by atoms with Gasteiger partial charge in [-0.2, -0.15) is 0 Å². The van der Waals surface area contributed by atoms with Crippen LogP contribution in [0.1, 0.15) is 16.1 Å². The fourth-order valence-corrected chi connectivity index (χ4v) is 3.61. The highest BCUT2D eigenvalue weighted by molar-refractivity contribution is 7.15. The molecule has 122 valence electrons. The molecule has 0 bridgehead atoms. The highest BCUT2D eigenvalue weighted by Crippen LogP contribution is 2.27. The average Bonchev–Trinajstić information content (AvgIpc) is 2.88. The van der Waals surface area contributed by atoms with E-state index in [0.29, 0.717) is 18.1 Å². The van der Waals surface area contributed by atoms with Gasteiger partial charge in [0.2, 0.25) is 0 Å². The molecule has 0 aliphatic carbocycles. The molecule has 2 aromatic rings.